The first-order chi connectivity index (χ1) is 22.9. The predicted octanol–water partition coefficient (Wildman–Crippen LogP) is 6.79. The molecule has 10 nitrogen and oxygen atoms in total. The van der Waals surface area contributed by atoms with Crippen molar-refractivity contribution < 1.29 is 24.3 Å². The summed E-state index contributed by atoms with van der Waals surface area (Å²) >= 11 is 17.7. The molecule has 2 aliphatic carbocycles. The van der Waals surface area contributed by atoms with Crippen LogP contribution in [0.15, 0.2) is 94.7 Å². The van der Waals surface area contributed by atoms with E-state index >= 15 is 0 Å². The van der Waals surface area contributed by atoms with Gasteiger partial charge in [-0.15, -0.1) is 23.2 Å². The van der Waals surface area contributed by atoms with Gasteiger partial charge in [-0.3, -0.25) is 29.0 Å². The number of allylic oxidation sites excluding steroid dienone is 2. The lowest BCUT2D eigenvalue weighted by molar-refractivity contribution is -0.138. The number of fused-ring (bicyclic) bond motifs is 4. The van der Waals surface area contributed by atoms with Crippen molar-refractivity contribution in [3.8, 4) is 5.75 Å². The van der Waals surface area contributed by atoms with E-state index in [4.69, 9.17) is 23.2 Å². The number of rotatable bonds is 6. The van der Waals surface area contributed by atoms with Gasteiger partial charge >= 0.3 is 0 Å². The number of azo groups is 1. The summed E-state index contributed by atoms with van der Waals surface area (Å²) in [5.41, 5.74) is 3.44. The highest BCUT2D eigenvalue weighted by atomic mass is 79.9. The molecule has 4 aliphatic rings. The molecule has 1 N–H and O–H groups in total. The number of carbonyl (C=O) groups excluding carboxylic acids is 4. The SMILES string of the molecule is CN(C)c1ccc(N=Nc2ccc(N3C(=O)[C@H]4[C@H](CC=C5[C@H]4C[C@@]4(Cl)C(=O)N(CBr)C(=O)[C@@]4(Cl)[C@H]5c4ccccc4O)C3=O)cc2)cc1. The van der Waals surface area contributed by atoms with Gasteiger partial charge in [-0.2, -0.15) is 10.2 Å². The smallest absolute Gasteiger partial charge is 0.254 e. The first-order valence-corrected chi connectivity index (χ1v) is 17.2. The Labute approximate surface area is 295 Å². The molecule has 3 fully saturated rings. The Morgan fingerprint density at radius 3 is 2.10 bits per heavy atom. The number of aromatic hydroxyl groups is 1. The molecule has 2 heterocycles. The number of halogens is 3. The van der Waals surface area contributed by atoms with Crippen LogP contribution in [-0.4, -0.2) is 62.9 Å². The van der Waals surface area contributed by atoms with Gasteiger partial charge in [0, 0.05) is 31.3 Å². The van der Waals surface area contributed by atoms with Crippen LogP contribution in [0.4, 0.5) is 22.7 Å². The number of phenols is 1. The van der Waals surface area contributed by atoms with Gasteiger partial charge in [0.15, 0.2) is 9.75 Å². The summed E-state index contributed by atoms with van der Waals surface area (Å²) < 4.78 is 0. The number of benzene rings is 3. The molecule has 0 radical (unpaired) electrons. The first-order valence-electron chi connectivity index (χ1n) is 15.4. The summed E-state index contributed by atoms with van der Waals surface area (Å²) in [6.45, 7) is 0. The van der Waals surface area contributed by atoms with Crippen LogP contribution >= 0.6 is 39.1 Å². The van der Waals surface area contributed by atoms with Crippen LogP contribution < -0.4 is 9.80 Å². The highest BCUT2D eigenvalue weighted by Gasteiger charge is 2.76. The van der Waals surface area contributed by atoms with E-state index in [1.54, 1.807) is 42.5 Å². The number of para-hydroxylation sites is 1. The minimum Gasteiger partial charge on any atom is -0.508 e. The van der Waals surface area contributed by atoms with E-state index in [0.29, 0.717) is 28.2 Å². The van der Waals surface area contributed by atoms with Crippen LogP contribution in [0.25, 0.3) is 0 Å². The summed E-state index contributed by atoms with van der Waals surface area (Å²) in [6.07, 6.45) is 1.92. The zero-order valence-corrected chi connectivity index (χ0v) is 29.0. The third-order valence-corrected chi connectivity index (χ3v) is 11.9. The molecule has 3 aromatic rings. The van der Waals surface area contributed by atoms with Crippen LogP contribution in [-0.2, 0) is 19.2 Å². The molecule has 0 unspecified atom stereocenters. The molecule has 6 atom stereocenters. The van der Waals surface area contributed by atoms with Crippen LogP contribution in [0.5, 0.6) is 5.75 Å². The monoisotopic (exact) mass is 749 g/mol. The second-order valence-electron chi connectivity index (χ2n) is 12.7. The summed E-state index contributed by atoms with van der Waals surface area (Å²) in [6, 6.07) is 20.7. The summed E-state index contributed by atoms with van der Waals surface area (Å²) in [4.78, 5) is 56.0. The van der Waals surface area contributed by atoms with Gasteiger partial charge < -0.3 is 10.0 Å². The van der Waals surface area contributed by atoms with Crippen molar-refractivity contribution in [1.29, 1.82) is 0 Å². The molecule has 7 rings (SSSR count). The molecule has 1 saturated carbocycles. The fraction of sp³-hybridized carbons (Fsp3) is 0.314. The van der Waals surface area contributed by atoms with Crippen LogP contribution in [0.1, 0.15) is 24.3 Å². The van der Waals surface area contributed by atoms with Crippen LogP contribution in [0.2, 0.25) is 0 Å². The maximum atomic E-state index is 14.3. The van der Waals surface area contributed by atoms with E-state index in [0.717, 1.165) is 10.6 Å². The van der Waals surface area contributed by atoms with Gasteiger partial charge in [0.2, 0.25) is 11.8 Å². The number of likely N-dealkylation sites (tertiary alicyclic amines) is 1. The molecule has 246 valence electrons. The zero-order valence-electron chi connectivity index (χ0n) is 25.9. The molecule has 0 bridgehead atoms. The summed E-state index contributed by atoms with van der Waals surface area (Å²) in [7, 11) is 3.91. The number of phenolic OH excluding ortho intramolecular Hbond substituents is 1. The zero-order chi connectivity index (χ0) is 34.1. The lowest BCUT2D eigenvalue weighted by Gasteiger charge is -2.50. The predicted molar refractivity (Wildman–Crippen MR) is 185 cm³/mol. The lowest BCUT2D eigenvalue weighted by Crippen LogP contribution is -2.60. The third-order valence-electron chi connectivity index (χ3n) is 10.0. The van der Waals surface area contributed by atoms with Crippen LogP contribution in [0.3, 0.4) is 0 Å². The number of nitrogens with zero attached hydrogens (tertiary/aromatic N) is 5. The fourth-order valence-electron chi connectivity index (χ4n) is 7.69. The number of anilines is 2. The average Bonchev–Trinajstić information content (AvgIpc) is 3.42. The van der Waals surface area contributed by atoms with E-state index in [1.165, 1.54) is 11.0 Å². The van der Waals surface area contributed by atoms with Gasteiger partial charge in [-0.25, -0.2) is 0 Å². The minimum absolute atomic E-state index is 0.124. The minimum atomic E-state index is -1.97. The van der Waals surface area contributed by atoms with Crippen molar-refractivity contribution in [2.45, 2.75) is 28.5 Å². The van der Waals surface area contributed by atoms with E-state index in [9.17, 15) is 24.3 Å². The second-order valence-corrected chi connectivity index (χ2v) is 14.4. The Morgan fingerprint density at radius 2 is 1.50 bits per heavy atom. The van der Waals surface area contributed by atoms with E-state index < -0.39 is 51.1 Å². The van der Waals surface area contributed by atoms with Crippen molar-refractivity contribution >= 4 is 85.5 Å². The van der Waals surface area contributed by atoms with Crippen molar-refractivity contribution in [1.82, 2.24) is 4.90 Å². The van der Waals surface area contributed by atoms with Gasteiger partial charge in [0.05, 0.1) is 34.4 Å². The Kier molecular flexibility index (Phi) is 8.00. The van der Waals surface area contributed by atoms with Crippen molar-refractivity contribution in [2.75, 3.05) is 29.3 Å². The highest BCUT2D eigenvalue weighted by Crippen LogP contribution is 2.66. The van der Waals surface area contributed by atoms with Crippen molar-refractivity contribution in [2.24, 2.45) is 28.0 Å². The highest BCUT2D eigenvalue weighted by molar-refractivity contribution is 9.09. The Hall–Kier alpha value is -4.06. The number of hydrogen-bond acceptors (Lipinski definition) is 8. The lowest BCUT2D eigenvalue weighted by atomic mass is 9.56. The number of hydrogen-bond donors (Lipinski definition) is 1. The Morgan fingerprint density at radius 1 is 0.875 bits per heavy atom. The molecule has 3 aromatic carbocycles. The van der Waals surface area contributed by atoms with Gasteiger partial charge in [0.1, 0.15) is 5.75 Å². The quantitative estimate of drug-likeness (QED) is 0.0974. The topological polar surface area (TPSA) is 123 Å². The Bertz CT molecular complexity index is 1920. The van der Waals surface area contributed by atoms with Crippen LogP contribution in [0, 0.1) is 17.8 Å². The second kappa shape index (κ2) is 11.8. The average molecular weight is 751 g/mol. The van der Waals surface area contributed by atoms with E-state index in [1.807, 2.05) is 49.3 Å². The standard InChI is InChI=1S/C35H30BrCl2N5O5/c1-41(2)21-11-7-19(8-12-21)39-40-20-9-13-22(14-10-20)43-30(45)25-16-15-23-26(28(25)31(43)46)17-34(37)32(47)42(18-36)33(48)35(34,38)29(23)24-5-3-4-6-27(24)44/h3-15,25-26,28-29,44H,16-18H2,1-2H3/t25-,26+,28-,29+,34+,35-/m0/s1. The number of imide groups is 2. The maximum Gasteiger partial charge on any atom is 0.254 e. The normalized spacial score (nSPS) is 29.6. The third kappa shape index (κ3) is 4.65. The molecule has 2 saturated heterocycles. The molecule has 0 aromatic heterocycles. The fourth-order valence-corrected chi connectivity index (χ4v) is 9.10. The van der Waals surface area contributed by atoms with Crippen molar-refractivity contribution in [3.05, 3.63) is 90.0 Å². The largest absolute Gasteiger partial charge is 0.508 e. The summed E-state index contributed by atoms with van der Waals surface area (Å²) in [5.74, 6) is -5.57. The summed E-state index contributed by atoms with van der Waals surface area (Å²) in [5, 5.41) is 19.6. The van der Waals surface area contributed by atoms with E-state index in [2.05, 4.69) is 26.2 Å². The van der Waals surface area contributed by atoms with E-state index in [-0.39, 0.29) is 30.0 Å². The molecular weight excluding hydrogens is 721 g/mol. The molecule has 48 heavy (non-hydrogen) atoms. The molecule has 13 heteroatoms. The molecule has 0 spiro atoms. The molecule has 4 amide bonds. The molecule has 2 aliphatic heterocycles. The number of carbonyl (C=O) groups is 4. The van der Waals surface area contributed by atoms with Gasteiger partial charge in [-0.05, 0) is 73.4 Å². The van der Waals surface area contributed by atoms with Gasteiger partial charge in [-0.1, -0.05) is 45.8 Å². The Balaban J connectivity index is 1.21. The first kappa shape index (κ1) is 32.5. The van der Waals surface area contributed by atoms with Crippen molar-refractivity contribution in [3.63, 3.8) is 0 Å². The maximum absolute atomic E-state index is 14.3. The number of amides is 4. The molecular formula is C35H30BrCl2N5O5. The van der Waals surface area contributed by atoms with Gasteiger partial charge in [0.25, 0.3) is 11.8 Å². The number of alkyl halides is 3.